The number of carbonyl (C=O) groups is 1. The fourth-order valence-electron chi connectivity index (χ4n) is 1.69. The summed E-state index contributed by atoms with van der Waals surface area (Å²) in [5.41, 5.74) is 0.791. The van der Waals surface area contributed by atoms with Crippen molar-refractivity contribution < 1.29 is 13.2 Å². The molecule has 1 amide bonds. The molecule has 6 nitrogen and oxygen atoms in total. The number of nitrogens with one attached hydrogen (secondary N) is 3. The molecule has 110 valence electrons. The summed E-state index contributed by atoms with van der Waals surface area (Å²) in [7, 11) is -1.80. The van der Waals surface area contributed by atoms with Crippen molar-refractivity contribution in [3.05, 3.63) is 24.3 Å². The first-order valence-electron chi connectivity index (χ1n) is 6.58. The van der Waals surface area contributed by atoms with Gasteiger partial charge in [-0.15, -0.1) is 0 Å². The minimum absolute atomic E-state index is 0.0367. The van der Waals surface area contributed by atoms with Gasteiger partial charge >= 0.3 is 0 Å². The highest BCUT2D eigenvalue weighted by Gasteiger charge is 2.27. The summed E-state index contributed by atoms with van der Waals surface area (Å²) in [6.07, 6.45) is 2.20. The maximum Gasteiger partial charge on any atom is 0.240 e. The van der Waals surface area contributed by atoms with Crippen LogP contribution in [-0.4, -0.2) is 34.0 Å². The van der Waals surface area contributed by atoms with E-state index in [2.05, 4.69) is 15.4 Å². The van der Waals surface area contributed by atoms with Crippen LogP contribution in [0.2, 0.25) is 0 Å². The number of sulfonamides is 1. The minimum atomic E-state index is -3.39. The molecule has 0 aromatic heterocycles. The molecule has 7 heteroatoms. The molecule has 0 radical (unpaired) electrons. The standard InChI is InChI=1S/C13H19N3O3S/c1-14-13(17)8-9-15-10-4-6-12(7-5-10)20(18,19)16-11-2-3-11/h4-7,11,15-16H,2-3,8-9H2,1H3,(H,14,17). The van der Waals surface area contributed by atoms with E-state index in [0.717, 1.165) is 18.5 Å². The van der Waals surface area contributed by atoms with Crippen LogP contribution in [-0.2, 0) is 14.8 Å². The van der Waals surface area contributed by atoms with Crippen molar-refractivity contribution in [2.45, 2.75) is 30.2 Å². The molecular formula is C13H19N3O3S. The molecule has 0 unspecified atom stereocenters. The molecule has 0 bridgehead atoms. The molecule has 1 aliphatic rings. The first kappa shape index (κ1) is 14.8. The molecule has 2 rings (SSSR count). The van der Waals surface area contributed by atoms with Crippen molar-refractivity contribution in [2.75, 3.05) is 18.9 Å². The van der Waals surface area contributed by atoms with Gasteiger partial charge in [0.15, 0.2) is 0 Å². The van der Waals surface area contributed by atoms with Gasteiger partial charge in [-0.1, -0.05) is 0 Å². The van der Waals surface area contributed by atoms with E-state index in [-0.39, 0.29) is 16.8 Å². The van der Waals surface area contributed by atoms with Gasteiger partial charge in [0.05, 0.1) is 4.90 Å². The van der Waals surface area contributed by atoms with Crippen LogP contribution in [0.4, 0.5) is 5.69 Å². The highest BCUT2D eigenvalue weighted by molar-refractivity contribution is 7.89. The van der Waals surface area contributed by atoms with E-state index in [9.17, 15) is 13.2 Å². The molecule has 3 N–H and O–H groups in total. The van der Waals surface area contributed by atoms with Crippen LogP contribution in [0.1, 0.15) is 19.3 Å². The van der Waals surface area contributed by atoms with Crippen molar-refractivity contribution in [1.29, 1.82) is 0 Å². The van der Waals surface area contributed by atoms with Crippen molar-refractivity contribution >= 4 is 21.6 Å². The van der Waals surface area contributed by atoms with Crippen molar-refractivity contribution in [2.24, 2.45) is 0 Å². The first-order chi connectivity index (χ1) is 9.51. The SMILES string of the molecule is CNC(=O)CCNc1ccc(S(=O)(=O)NC2CC2)cc1. The molecule has 0 saturated heterocycles. The zero-order valence-corrected chi connectivity index (χ0v) is 12.2. The van der Waals surface area contributed by atoms with Gasteiger partial charge in [0.1, 0.15) is 0 Å². The third kappa shape index (κ3) is 4.21. The van der Waals surface area contributed by atoms with Crippen molar-refractivity contribution in [3.8, 4) is 0 Å². The van der Waals surface area contributed by atoms with Gasteiger partial charge in [0.2, 0.25) is 15.9 Å². The summed E-state index contributed by atoms with van der Waals surface area (Å²) >= 11 is 0. The van der Waals surface area contributed by atoms with Gasteiger partial charge in [0.25, 0.3) is 0 Å². The average molecular weight is 297 g/mol. The summed E-state index contributed by atoms with van der Waals surface area (Å²) in [6, 6.07) is 6.63. The monoisotopic (exact) mass is 297 g/mol. The molecule has 0 aliphatic heterocycles. The number of amides is 1. The van der Waals surface area contributed by atoms with Gasteiger partial charge in [-0.2, -0.15) is 0 Å². The Morgan fingerprint density at radius 3 is 2.45 bits per heavy atom. The van der Waals surface area contributed by atoms with E-state index in [4.69, 9.17) is 0 Å². The number of hydrogen-bond donors (Lipinski definition) is 3. The van der Waals surface area contributed by atoms with E-state index in [0.29, 0.717) is 13.0 Å². The maximum atomic E-state index is 12.0. The second kappa shape index (κ2) is 6.23. The summed E-state index contributed by atoms with van der Waals surface area (Å²) < 4.78 is 26.5. The zero-order valence-electron chi connectivity index (χ0n) is 11.3. The number of anilines is 1. The predicted octanol–water partition coefficient (Wildman–Crippen LogP) is 0.675. The van der Waals surface area contributed by atoms with Gasteiger partial charge in [-0.3, -0.25) is 4.79 Å². The molecule has 1 saturated carbocycles. The minimum Gasteiger partial charge on any atom is -0.385 e. The maximum absolute atomic E-state index is 12.0. The van der Waals surface area contributed by atoms with E-state index < -0.39 is 10.0 Å². The Hall–Kier alpha value is -1.60. The third-order valence-electron chi connectivity index (χ3n) is 3.02. The van der Waals surface area contributed by atoms with Crippen LogP contribution in [0.5, 0.6) is 0 Å². The van der Waals surface area contributed by atoms with Crippen LogP contribution in [0.15, 0.2) is 29.2 Å². The lowest BCUT2D eigenvalue weighted by molar-refractivity contribution is -0.120. The Morgan fingerprint density at radius 2 is 1.90 bits per heavy atom. The van der Waals surface area contributed by atoms with Crippen LogP contribution < -0.4 is 15.4 Å². The second-order valence-corrected chi connectivity index (χ2v) is 6.48. The zero-order chi connectivity index (χ0) is 14.6. The molecule has 1 aromatic carbocycles. The largest absolute Gasteiger partial charge is 0.385 e. The highest BCUT2D eigenvalue weighted by atomic mass is 32.2. The van der Waals surface area contributed by atoms with E-state index in [1.54, 1.807) is 31.3 Å². The Morgan fingerprint density at radius 1 is 1.25 bits per heavy atom. The van der Waals surface area contributed by atoms with E-state index in [1.165, 1.54) is 0 Å². The number of carbonyl (C=O) groups excluding carboxylic acids is 1. The Bertz CT molecular complexity index is 565. The highest BCUT2D eigenvalue weighted by Crippen LogP contribution is 2.22. The number of rotatable bonds is 7. The van der Waals surface area contributed by atoms with Gasteiger partial charge in [0, 0.05) is 31.7 Å². The van der Waals surface area contributed by atoms with E-state index >= 15 is 0 Å². The topological polar surface area (TPSA) is 87.3 Å². The van der Waals surface area contributed by atoms with Gasteiger partial charge < -0.3 is 10.6 Å². The molecule has 0 heterocycles. The van der Waals surface area contributed by atoms with Crippen molar-refractivity contribution in [3.63, 3.8) is 0 Å². The van der Waals surface area contributed by atoms with Gasteiger partial charge in [-0.05, 0) is 37.1 Å². The molecular weight excluding hydrogens is 278 g/mol. The summed E-state index contributed by atoms with van der Waals surface area (Å²) in [5.74, 6) is -0.0367. The summed E-state index contributed by atoms with van der Waals surface area (Å²) in [4.78, 5) is 11.3. The smallest absolute Gasteiger partial charge is 0.240 e. The summed E-state index contributed by atoms with van der Waals surface area (Å²) in [5, 5.41) is 5.60. The lowest BCUT2D eigenvalue weighted by Crippen LogP contribution is -2.25. The van der Waals surface area contributed by atoms with Gasteiger partial charge in [-0.25, -0.2) is 13.1 Å². The molecule has 0 spiro atoms. The second-order valence-electron chi connectivity index (χ2n) is 4.77. The third-order valence-corrected chi connectivity index (χ3v) is 4.56. The number of benzene rings is 1. The van der Waals surface area contributed by atoms with Crippen LogP contribution in [0, 0.1) is 0 Å². The lowest BCUT2D eigenvalue weighted by Gasteiger charge is -2.08. The molecule has 1 fully saturated rings. The lowest BCUT2D eigenvalue weighted by atomic mass is 10.3. The summed E-state index contributed by atoms with van der Waals surface area (Å²) in [6.45, 7) is 0.506. The Balaban J connectivity index is 1.90. The van der Waals surface area contributed by atoms with Crippen LogP contribution in [0.3, 0.4) is 0 Å². The fourth-order valence-corrected chi connectivity index (χ4v) is 2.99. The molecule has 1 aromatic rings. The Labute approximate surface area is 119 Å². The quantitative estimate of drug-likeness (QED) is 0.690. The molecule has 0 atom stereocenters. The molecule has 20 heavy (non-hydrogen) atoms. The predicted molar refractivity (Wildman–Crippen MR) is 77.0 cm³/mol. The van der Waals surface area contributed by atoms with Crippen LogP contribution in [0.25, 0.3) is 0 Å². The first-order valence-corrected chi connectivity index (χ1v) is 8.06. The number of hydrogen-bond acceptors (Lipinski definition) is 4. The van der Waals surface area contributed by atoms with E-state index in [1.807, 2.05) is 0 Å². The normalized spacial score (nSPS) is 14.8. The Kier molecular flexibility index (Phi) is 4.61. The van der Waals surface area contributed by atoms with Crippen molar-refractivity contribution in [1.82, 2.24) is 10.0 Å². The fraction of sp³-hybridized carbons (Fsp3) is 0.462. The molecule has 1 aliphatic carbocycles. The van der Waals surface area contributed by atoms with Crippen LogP contribution >= 0.6 is 0 Å². The average Bonchev–Trinajstić information content (AvgIpc) is 3.22.